The Hall–Kier alpha value is -1.98. The monoisotopic (exact) mass is 209 g/mol. The third-order valence-corrected chi connectivity index (χ3v) is 1.71. The van der Waals surface area contributed by atoms with Gasteiger partial charge in [-0.3, -0.25) is 14.8 Å². The molecule has 0 saturated heterocycles. The molecule has 15 heavy (non-hydrogen) atoms. The Morgan fingerprint density at radius 3 is 2.73 bits per heavy atom. The molecule has 1 aromatic heterocycles. The Kier molecular flexibility index (Phi) is 3.73. The number of nitrogens with zero attached hydrogens (tertiary/aromatic N) is 2. The van der Waals surface area contributed by atoms with Crippen molar-refractivity contribution in [3.05, 3.63) is 24.3 Å². The lowest BCUT2D eigenvalue weighted by molar-refractivity contribution is -0.141. The quantitative estimate of drug-likeness (QED) is 0.704. The van der Waals surface area contributed by atoms with Gasteiger partial charge in [0.2, 0.25) is 5.91 Å². The Morgan fingerprint density at radius 2 is 2.27 bits per heavy atom. The predicted molar refractivity (Wildman–Crippen MR) is 51.0 cm³/mol. The van der Waals surface area contributed by atoms with Crippen molar-refractivity contribution in [2.45, 2.75) is 19.4 Å². The van der Waals surface area contributed by atoms with E-state index < -0.39 is 12.0 Å². The molecular formula is C9H11N3O3. The van der Waals surface area contributed by atoms with Crippen LogP contribution in [0, 0.1) is 0 Å². The molecule has 1 unspecified atom stereocenters. The van der Waals surface area contributed by atoms with Gasteiger partial charge in [0, 0.05) is 31.9 Å². The molecule has 1 aromatic rings. The highest BCUT2D eigenvalue weighted by Crippen LogP contribution is 1.98. The van der Waals surface area contributed by atoms with Crippen LogP contribution in [0.2, 0.25) is 0 Å². The first-order valence-electron chi connectivity index (χ1n) is 4.34. The summed E-state index contributed by atoms with van der Waals surface area (Å²) in [6.45, 7) is 1.27. The Balaban J connectivity index is 2.67. The van der Waals surface area contributed by atoms with Gasteiger partial charge in [-0.2, -0.15) is 0 Å². The van der Waals surface area contributed by atoms with Gasteiger partial charge in [-0.25, -0.2) is 4.79 Å². The summed E-state index contributed by atoms with van der Waals surface area (Å²) in [6.07, 6.45) is 4.57. The molecule has 6 nitrogen and oxygen atoms in total. The maximum absolute atomic E-state index is 10.8. The van der Waals surface area contributed by atoms with Crippen LogP contribution in [0.4, 0.5) is 0 Å². The van der Waals surface area contributed by atoms with Crippen LogP contribution in [0.1, 0.15) is 12.6 Å². The molecule has 1 atom stereocenters. The second-order valence-corrected chi connectivity index (χ2v) is 2.99. The summed E-state index contributed by atoms with van der Waals surface area (Å²) in [5.74, 6) is -1.47. The number of hydrogen-bond donors (Lipinski definition) is 2. The predicted octanol–water partition coefficient (Wildman–Crippen LogP) is -0.392. The van der Waals surface area contributed by atoms with Crippen LogP contribution in [-0.2, 0) is 16.0 Å². The Bertz CT molecular complexity index is 353. The maximum Gasteiger partial charge on any atom is 0.326 e. The Morgan fingerprint density at radius 1 is 1.53 bits per heavy atom. The van der Waals surface area contributed by atoms with E-state index in [1.54, 1.807) is 0 Å². The lowest BCUT2D eigenvalue weighted by Gasteiger charge is -2.11. The summed E-state index contributed by atoms with van der Waals surface area (Å²) in [6, 6.07) is -0.959. The number of aliphatic carboxylic acids is 1. The number of carbonyl (C=O) groups excluding carboxylic acids is 1. The number of amides is 1. The fourth-order valence-electron chi connectivity index (χ4n) is 1.09. The molecule has 0 aromatic carbocycles. The number of carboxylic acid groups (broad SMARTS) is 1. The van der Waals surface area contributed by atoms with Crippen LogP contribution in [0.15, 0.2) is 18.6 Å². The minimum atomic E-state index is -1.09. The van der Waals surface area contributed by atoms with Gasteiger partial charge in [0.05, 0.1) is 5.69 Å². The van der Waals surface area contributed by atoms with Crippen molar-refractivity contribution in [2.24, 2.45) is 0 Å². The topological polar surface area (TPSA) is 92.2 Å². The highest BCUT2D eigenvalue weighted by atomic mass is 16.4. The average molecular weight is 209 g/mol. The highest BCUT2D eigenvalue weighted by molar-refractivity contribution is 5.82. The molecule has 1 heterocycles. The third kappa shape index (κ3) is 3.72. The van der Waals surface area contributed by atoms with Gasteiger partial charge in [-0.1, -0.05) is 0 Å². The molecule has 0 aliphatic rings. The molecule has 6 heteroatoms. The van der Waals surface area contributed by atoms with Crippen LogP contribution in [0.3, 0.4) is 0 Å². The highest BCUT2D eigenvalue weighted by Gasteiger charge is 2.19. The van der Waals surface area contributed by atoms with E-state index in [0.717, 1.165) is 0 Å². The van der Waals surface area contributed by atoms with Gasteiger partial charge in [0.15, 0.2) is 0 Å². The minimum Gasteiger partial charge on any atom is -0.480 e. The average Bonchev–Trinajstić information content (AvgIpc) is 2.17. The largest absolute Gasteiger partial charge is 0.480 e. The second-order valence-electron chi connectivity index (χ2n) is 2.99. The van der Waals surface area contributed by atoms with Gasteiger partial charge in [-0.05, 0) is 0 Å². The number of aromatic nitrogens is 2. The fourth-order valence-corrected chi connectivity index (χ4v) is 1.09. The summed E-state index contributed by atoms with van der Waals surface area (Å²) in [5, 5.41) is 11.1. The van der Waals surface area contributed by atoms with Crippen molar-refractivity contribution >= 4 is 11.9 Å². The summed E-state index contributed by atoms with van der Waals surface area (Å²) in [5.41, 5.74) is 0.527. The van der Waals surface area contributed by atoms with Gasteiger partial charge in [-0.15, -0.1) is 0 Å². The molecule has 1 amide bonds. The van der Waals surface area contributed by atoms with Crippen LogP contribution in [0.25, 0.3) is 0 Å². The number of nitrogens with one attached hydrogen (secondary N) is 1. The van der Waals surface area contributed by atoms with E-state index in [9.17, 15) is 9.59 Å². The maximum atomic E-state index is 10.8. The van der Waals surface area contributed by atoms with Gasteiger partial charge in [0.25, 0.3) is 0 Å². The van der Waals surface area contributed by atoms with Crippen molar-refractivity contribution in [3.63, 3.8) is 0 Å². The lowest BCUT2D eigenvalue weighted by Crippen LogP contribution is -2.41. The molecule has 0 aliphatic heterocycles. The third-order valence-electron chi connectivity index (χ3n) is 1.71. The van der Waals surface area contributed by atoms with Crippen molar-refractivity contribution in [3.8, 4) is 0 Å². The molecule has 1 rings (SSSR count). The summed E-state index contributed by atoms with van der Waals surface area (Å²) in [4.78, 5) is 29.3. The van der Waals surface area contributed by atoms with E-state index in [1.165, 1.54) is 25.5 Å². The molecule has 0 aliphatic carbocycles. The molecule has 0 saturated carbocycles. The second kappa shape index (κ2) is 5.04. The van der Waals surface area contributed by atoms with Crippen LogP contribution in [-0.4, -0.2) is 33.0 Å². The van der Waals surface area contributed by atoms with E-state index in [0.29, 0.717) is 5.69 Å². The fraction of sp³-hybridized carbons (Fsp3) is 0.333. The smallest absolute Gasteiger partial charge is 0.326 e. The number of carboxylic acids is 1. The van der Waals surface area contributed by atoms with Gasteiger partial charge >= 0.3 is 5.97 Å². The summed E-state index contributed by atoms with van der Waals surface area (Å²) >= 11 is 0. The molecule has 0 fully saturated rings. The first kappa shape index (κ1) is 11.1. The SMILES string of the molecule is CC(=O)NC(Cc1cnccn1)C(=O)O. The normalized spacial score (nSPS) is 11.8. The van der Waals surface area contributed by atoms with E-state index in [-0.39, 0.29) is 12.3 Å². The van der Waals surface area contributed by atoms with E-state index in [1.807, 2.05) is 0 Å². The zero-order valence-electron chi connectivity index (χ0n) is 8.17. The van der Waals surface area contributed by atoms with Crippen LogP contribution >= 0.6 is 0 Å². The number of rotatable bonds is 4. The van der Waals surface area contributed by atoms with Crippen molar-refractivity contribution in [1.82, 2.24) is 15.3 Å². The van der Waals surface area contributed by atoms with E-state index in [2.05, 4.69) is 15.3 Å². The first-order valence-corrected chi connectivity index (χ1v) is 4.34. The summed E-state index contributed by atoms with van der Waals surface area (Å²) in [7, 11) is 0. The standard InChI is InChI=1S/C9H11N3O3/c1-6(13)12-8(9(14)15)4-7-5-10-2-3-11-7/h2-3,5,8H,4H2,1H3,(H,12,13)(H,14,15). The van der Waals surface area contributed by atoms with Crippen LogP contribution < -0.4 is 5.32 Å². The van der Waals surface area contributed by atoms with Gasteiger partial charge in [0.1, 0.15) is 6.04 Å². The molecular weight excluding hydrogens is 198 g/mol. The zero-order valence-corrected chi connectivity index (χ0v) is 8.17. The molecule has 0 radical (unpaired) electrons. The zero-order chi connectivity index (χ0) is 11.3. The van der Waals surface area contributed by atoms with Crippen molar-refractivity contribution < 1.29 is 14.7 Å². The van der Waals surface area contributed by atoms with Crippen LogP contribution in [0.5, 0.6) is 0 Å². The van der Waals surface area contributed by atoms with E-state index in [4.69, 9.17) is 5.11 Å². The number of carbonyl (C=O) groups is 2. The molecule has 0 bridgehead atoms. The van der Waals surface area contributed by atoms with Gasteiger partial charge < -0.3 is 10.4 Å². The van der Waals surface area contributed by atoms with Crippen molar-refractivity contribution in [1.29, 1.82) is 0 Å². The van der Waals surface area contributed by atoms with Crippen molar-refractivity contribution in [2.75, 3.05) is 0 Å². The lowest BCUT2D eigenvalue weighted by atomic mass is 10.1. The minimum absolute atomic E-state index is 0.128. The molecule has 80 valence electrons. The first-order chi connectivity index (χ1) is 7.09. The molecule has 2 N–H and O–H groups in total. The Labute approximate surface area is 86.4 Å². The number of hydrogen-bond acceptors (Lipinski definition) is 4. The molecule has 0 spiro atoms. The van der Waals surface area contributed by atoms with E-state index >= 15 is 0 Å². The summed E-state index contributed by atoms with van der Waals surface area (Å²) < 4.78 is 0.